The van der Waals surface area contributed by atoms with Crippen molar-refractivity contribution in [2.75, 3.05) is 0 Å². The molecule has 1 heterocycles. The highest BCUT2D eigenvalue weighted by Crippen LogP contribution is 2.37. The molecule has 4 rings (SSSR count). The molecule has 0 atom stereocenters. The zero-order valence-corrected chi connectivity index (χ0v) is 16.5. The van der Waals surface area contributed by atoms with E-state index >= 15 is 0 Å². The lowest BCUT2D eigenvalue weighted by Crippen LogP contribution is -2.13. The van der Waals surface area contributed by atoms with E-state index in [1.54, 1.807) is 48.5 Å². The predicted molar refractivity (Wildman–Crippen MR) is 112 cm³/mol. The van der Waals surface area contributed by atoms with Crippen LogP contribution in [0.1, 0.15) is 5.56 Å². The quantitative estimate of drug-likeness (QED) is 0.342. The van der Waals surface area contributed by atoms with Gasteiger partial charge in [-0.15, -0.1) is 5.11 Å². The van der Waals surface area contributed by atoms with Crippen LogP contribution in [0.25, 0.3) is 16.9 Å². The molecule has 0 unspecified atom stereocenters. The van der Waals surface area contributed by atoms with Crippen LogP contribution in [-0.4, -0.2) is 9.78 Å². The molecule has 3 aromatic carbocycles. The van der Waals surface area contributed by atoms with E-state index in [0.29, 0.717) is 16.9 Å². The fraction of sp³-hybridized carbons (Fsp3) is 0.0455. The van der Waals surface area contributed by atoms with E-state index in [4.69, 9.17) is 11.6 Å². The van der Waals surface area contributed by atoms with Crippen molar-refractivity contribution in [3.05, 3.63) is 99.8 Å². The van der Waals surface area contributed by atoms with E-state index < -0.39 is 22.3 Å². The minimum absolute atomic E-state index is 0.0291. The van der Waals surface area contributed by atoms with Crippen LogP contribution in [0, 0.1) is 0 Å². The van der Waals surface area contributed by atoms with Gasteiger partial charge in [-0.25, -0.2) is 4.68 Å². The smallest absolute Gasteiger partial charge is 0.288 e. The predicted octanol–water partition coefficient (Wildman–Crippen LogP) is 6.92. The first-order valence-electron chi connectivity index (χ1n) is 9.09. The average molecular weight is 443 g/mol. The lowest BCUT2D eigenvalue weighted by atomic mass is 10.1. The summed E-state index contributed by atoms with van der Waals surface area (Å²) in [6.07, 6.45) is -4.63. The van der Waals surface area contributed by atoms with Crippen molar-refractivity contribution >= 4 is 23.0 Å². The molecule has 9 heteroatoms. The Labute approximate surface area is 179 Å². The zero-order chi connectivity index (χ0) is 22.0. The molecule has 1 N–H and O–H groups in total. The monoisotopic (exact) mass is 442 g/mol. The lowest BCUT2D eigenvalue weighted by molar-refractivity contribution is -0.137. The number of halogens is 4. The largest absolute Gasteiger partial charge is 0.417 e. The second-order valence-corrected chi connectivity index (χ2v) is 6.95. The van der Waals surface area contributed by atoms with E-state index in [1.165, 1.54) is 10.7 Å². The van der Waals surface area contributed by atoms with Gasteiger partial charge in [0, 0.05) is 5.56 Å². The number of rotatable bonds is 4. The summed E-state index contributed by atoms with van der Waals surface area (Å²) in [6.45, 7) is 0. The van der Waals surface area contributed by atoms with Gasteiger partial charge in [-0.2, -0.15) is 18.3 Å². The normalized spacial score (nSPS) is 11.9. The number of nitrogens with one attached hydrogen (secondary N) is 1. The lowest BCUT2D eigenvalue weighted by Gasteiger charge is -2.08. The van der Waals surface area contributed by atoms with Gasteiger partial charge in [-0.05, 0) is 30.3 Å². The Hall–Kier alpha value is -3.65. The minimum atomic E-state index is -4.63. The molecule has 0 bridgehead atoms. The van der Waals surface area contributed by atoms with Gasteiger partial charge < -0.3 is 0 Å². The Balaban J connectivity index is 1.83. The number of benzene rings is 3. The van der Waals surface area contributed by atoms with Crippen LogP contribution in [0.15, 0.2) is 93.9 Å². The molecule has 31 heavy (non-hydrogen) atoms. The summed E-state index contributed by atoms with van der Waals surface area (Å²) in [5, 5.41) is 10.5. The summed E-state index contributed by atoms with van der Waals surface area (Å²) in [5.41, 5.74) is 0.0279. The third-order valence-electron chi connectivity index (χ3n) is 4.46. The van der Waals surface area contributed by atoms with Gasteiger partial charge in [0.1, 0.15) is 0 Å². The van der Waals surface area contributed by atoms with Crippen LogP contribution in [0.5, 0.6) is 0 Å². The summed E-state index contributed by atoms with van der Waals surface area (Å²) in [4.78, 5) is 13.0. The number of aromatic amines is 1. The molecule has 4 aromatic rings. The van der Waals surface area contributed by atoms with Gasteiger partial charge in [0.15, 0.2) is 5.69 Å². The third kappa shape index (κ3) is 4.29. The first-order valence-corrected chi connectivity index (χ1v) is 9.47. The number of aromatic nitrogens is 2. The maximum atomic E-state index is 13.1. The summed E-state index contributed by atoms with van der Waals surface area (Å²) in [5.74, 6) is 0. The SMILES string of the molecule is O=c1c(N=Nc2ccc(Cl)c(C(F)(F)F)c2)c(-c2ccccc2)[nH]n1-c1ccccc1. The van der Waals surface area contributed by atoms with Gasteiger partial charge in [0.05, 0.1) is 27.7 Å². The van der Waals surface area contributed by atoms with Crippen LogP contribution in [0.3, 0.4) is 0 Å². The molecule has 0 saturated carbocycles. The fourth-order valence-electron chi connectivity index (χ4n) is 2.99. The number of azo groups is 1. The average Bonchev–Trinajstić information content (AvgIpc) is 3.10. The number of alkyl halides is 3. The first-order chi connectivity index (χ1) is 14.8. The van der Waals surface area contributed by atoms with Crippen molar-refractivity contribution in [3.63, 3.8) is 0 Å². The molecule has 0 spiro atoms. The molecular weight excluding hydrogens is 429 g/mol. The van der Waals surface area contributed by atoms with E-state index in [0.717, 1.165) is 12.1 Å². The van der Waals surface area contributed by atoms with Gasteiger partial charge >= 0.3 is 6.18 Å². The van der Waals surface area contributed by atoms with Gasteiger partial charge in [0.2, 0.25) is 0 Å². The van der Waals surface area contributed by atoms with Crippen LogP contribution >= 0.6 is 11.6 Å². The highest BCUT2D eigenvalue weighted by molar-refractivity contribution is 6.31. The Kier molecular flexibility index (Phi) is 5.48. The maximum Gasteiger partial charge on any atom is 0.417 e. The van der Waals surface area contributed by atoms with Gasteiger partial charge in [0.25, 0.3) is 5.56 Å². The maximum absolute atomic E-state index is 13.1. The number of para-hydroxylation sites is 1. The molecule has 0 aliphatic rings. The molecule has 1 aromatic heterocycles. The summed E-state index contributed by atoms with van der Waals surface area (Å²) in [6, 6.07) is 21.0. The van der Waals surface area contributed by atoms with Crippen molar-refractivity contribution in [2.45, 2.75) is 6.18 Å². The Morgan fingerprint density at radius 3 is 2.16 bits per heavy atom. The van der Waals surface area contributed by atoms with Gasteiger partial charge in [-0.3, -0.25) is 9.89 Å². The van der Waals surface area contributed by atoms with Crippen LogP contribution in [-0.2, 0) is 6.18 Å². The minimum Gasteiger partial charge on any atom is -0.288 e. The standard InChI is InChI=1S/C22H14ClF3N4O/c23-18-12-11-15(13-17(18)22(24,25)26)27-28-20-19(14-7-3-1-4-8-14)29-30(21(20)31)16-9-5-2-6-10-16/h1-13,29H. The van der Waals surface area contributed by atoms with Crippen molar-refractivity contribution in [1.29, 1.82) is 0 Å². The second kappa shape index (κ2) is 8.23. The number of nitrogens with zero attached hydrogens (tertiary/aromatic N) is 3. The first kappa shape index (κ1) is 20.6. The van der Waals surface area contributed by atoms with Crippen molar-refractivity contribution < 1.29 is 13.2 Å². The second-order valence-electron chi connectivity index (χ2n) is 6.54. The van der Waals surface area contributed by atoms with E-state index in [-0.39, 0.29) is 11.4 Å². The molecule has 0 aliphatic heterocycles. The molecular formula is C22H14ClF3N4O. The molecule has 156 valence electrons. The van der Waals surface area contributed by atoms with E-state index in [1.807, 2.05) is 12.1 Å². The fourth-order valence-corrected chi connectivity index (χ4v) is 3.21. The Morgan fingerprint density at radius 2 is 1.52 bits per heavy atom. The number of H-pyrrole nitrogens is 1. The van der Waals surface area contributed by atoms with Crippen LogP contribution < -0.4 is 5.56 Å². The van der Waals surface area contributed by atoms with Crippen LogP contribution in [0.2, 0.25) is 5.02 Å². The van der Waals surface area contributed by atoms with E-state index in [9.17, 15) is 18.0 Å². The zero-order valence-electron chi connectivity index (χ0n) is 15.8. The van der Waals surface area contributed by atoms with Crippen molar-refractivity contribution in [3.8, 4) is 16.9 Å². The number of hydrogen-bond donors (Lipinski definition) is 1. The number of hydrogen-bond acceptors (Lipinski definition) is 3. The highest BCUT2D eigenvalue weighted by Gasteiger charge is 2.33. The molecule has 5 nitrogen and oxygen atoms in total. The molecule has 0 saturated heterocycles. The van der Waals surface area contributed by atoms with Crippen LogP contribution in [0.4, 0.5) is 24.5 Å². The summed E-state index contributed by atoms with van der Waals surface area (Å²) < 4.78 is 40.7. The van der Waals surface area contributed by atoms with Crippen molar-refractivity contribution in [1.82, 2.24) is 9.78 Å². The molecule has 0 aliphatic carbocycles. The third-order valence-corrected chi connectivity index (χ3v) is 4.79. The highest BCUT2D eigenvalue weighted by atomic mass is 35.5. The van der Waals surface area contributed by atoms with Crippen molar-refractivity contribution in [2.24, 2.45) is 10.2 Å². The van der Waals surface area contributed by atoms with E-state index in [2.05, 4.69) is 15.3 Å². The molecule has 0 fully saturated rings. The summed E-state index contributed by atoms with van der Waals surface area (Å²) >= 11 is 5.65. The Morgan fingerprint density at radius 1 is 0.871 bits per heavy atom. The summed E-state index contributed by atoms with van der Waals surface area (Å²) in [7, 11) is 0. The topological polar surface area (TPSA) is 62.5 Å². The molecule has 0 radical (unpaired) electrons. The van der Waals surface area contributed by atoms with Gasteiger partial charge in [-0.1, -0.05) is 60.1 Å². The molecule has 0 amide bonds. The Bertz CT molecular complexity index is 1300.